The number of nitrogens with two attached hydrogens (primary N) is 1. The molecule has 0 fully saturated rings. The topological polar surface area (TPSA) is 70.1 Å². The zero-order chi connectivity index (χ0) is 11.3. The third kappa shape index (κ3) is 3.74. The molecule has 5 heteroatoms. The Labute approximate surface area is 98.1 Å². The van der Waals surface area contributed by atoms with Crippen molar-refractivity contribution in [2.75, 3.05) is 12.4 Å². The van der Waals surface area contributed by atoms with Gasteiger partial charge in [-0.25, -0.2) is 0 Å². The van der Waals surface area contributed by atoms with E-state index in [1.807, 2.05) is 6.07 Å². The minimum atomic E-state index is 0.0174. The maximum atomic E-state index is 8.64. The first-order valence-electron chi connectivity index (χ1n) is 4.52. The van der Waals surface area contributed by atoms with Crippen molar-refractivity contribution < 1.29 is 5.11 Å². The number of aliphatic hydroxyl groups is 1. The zero-order valence-corrected chi connectivity index (χ0v) is 9.74. The summed E-state index contributed by atoms with van der Waals surface area (Å²) in [6.07, 6.45) is 0.745. The highest BCUT2D eigenvalue weighted by molar-refractivity contribution is 7.99. The van der Waals surface area contributed by atoms with Crippen molar-refractivity contribution in [2.45, 2.75) is 11.3 Å². The van der Waals surface area contributed by atoms with Crippen LogP contribution in [-0.2, 0) is 0 Å². The lowest BCUT2D eigenvalue weighted by atomic mass is 10.2. The number of aliphatic hydroxyl groups excluding tert-OH is 1. The molecular formula is C10H13ClN2OS. The van der Waals surface area contributed by atoms with E-state index in [-0.39, 0.29) is 12.4 Å². The van der Waals surface area contributed by atoms with Gasteiger partial charge < -0.3 is 10.8 Å². The minimum absolute atomic E-state index is 0.0174. The smallest absolute Gasteiger partial charge is 0.122 e. The van der Waals surface area contributed by atoms with Gasteiger partial charge in [0.15, 0.2) is 0 Å². The molecule has 0 atom stereocenters. The van der Waals surface area contributed by atoms with Gasteiger partial charge in [0.05, 0.1) is 5.02 Å². The molecule has 82 valence electrons. The molecule has 1 rings (SSSR count). The number of hydrogen-bond donors (Lipinski definition) is 3. The molecule has 0 saturated heterocycles. The average molecular weight is 245 g/mol. The monoisotopic (exact) mass is 244 g/mol. The van der Waals surface area contributed by atoms with Crippen LogP contribution in [0, 0.1) is 5.41 Å². The molecule has 0 aliphatic rings. The predicted octanol–water partition coefficient (Wildman–Crippen LogP) is 2.10. The van der Waals surface area contributed by atoms with E-state index in [2.05, 4.69) is 0 Å². The molecule has 1 aromatic carbocycles. The van der Waals surface area contributed by atoms with Gasteiger partial charge in [0.1, 0.15) is 5.84 Å². The van der Waals surface area contributed by atoms with Gasteiger partial charge in [0, 0.05) is 22.8 Å². The zero-order valence-electron chi connectivity index (χ0n) is 8.16. The molecule has 0 amide bonds. The quantitative estimate of drug-likeness (QED) is 0.322. The number of nitrogen functional groups attached to an aromatic ring is 1. The summed E-state index contributed by atoms with van der Waals surface area (Å²) in [5, 5.41) is 16.5. The van der Waals surface area contributed by atoms with Crippen molar-refractivity contribution in [1.82, 2.24) is 0 Å². The lowest BCUT2D eigenvalue weighted by molar-refractivity contribution is 0.296. The van der Waals surface area contributed by atoms with E-state index in [0.29, 0.717) is 10.6 Å². The second-order valence-corrected chi connectivity index (χ2v) is 4.53. The van der Waals surface area contributed by atoms with Crippen molar-refractivity contribution in [3.05, 3.63) is 28.8 Å². The van der Waals surface area contributed by atoms with E-state index in [1.54, 1.807) is 23.9 Å². The number of nitrogens with one attached hydrogen (secondary N) is 1. The second-order valence-electron chi connectivity index (χ2n) is 2.98. The van der Waals surface area contributed by atoms with Gasteiger partial charge in [-0.05, 0) is 18.6 Å². The van der Waals surface area contributed by atoms with E-state index >= 15 is 0 Å². The van der Waals surface area contributed by atoms with E-state index in [9.17, 15) is 0 Å². The molecule has 0 bridgehead atoms. The van der Waals surface area contributed by atoms with Crippen LogP contribution in [0.5, 0.6) is 0 Å². The summed E-state index contributed by atoms with van der Waals surface area (Å²) >= 11 is 7.61. The van der Waals surface area contributed by atoms with Crippen LogP contribution in [0.25, 0.3) is 0 Å². The third-order valence-corrected chi connectivity index (χ3v) is 3.39. The number of amidine groups is 1. The number of rotatable bonds is 5. The fourth-order valence-electron chi connectivity index (χ4n) is 1.03. The van der Waals surface area contributed by atoms with Crippen LogP contribution in [0.1, 0.15) is 12.0 Å². The van der Waals surface area contributed by atoms with Crippen molar-refractivity contribution >= 4 is 29.2 Å². The SMILES string of the molecule is N=C(N)c1ccc(SCCCO)c(Cl)c1. The first kappa shape index (κ1) is 12.4. The first-order chi connectivity index (χ1) is 7.15. The average Bonchev–Trinajstić information content (AvgIpc) is 2.20. The Morgan fingerprint density at radius 3 is 2.80 bits per heavy atom. The highest BCUT2D eigenvalue weighted by atomic mass is 35.5. The fraction of sp³-hybridized carbons (Fsp3) is 0.300. The fourth-order valence-corrected chi connectivity index (χ4v) is 2.23. The standard InChI is InChI=1S/C10H13ClN2OS/c11-8-6-7(10(12)13)2-3-9(8)15-5-1-4-14/h2-3,6,14H,1,4-5H2,(H3,12,13). The Morgan fingerprint density at radius 1 is 1.53 bits per heavy atom. The summed E-state index contributed by atoms with van der Waals surface area (Å²) in [4.78, 5) is 0.954. The van der Waals surface area contributed by atoms with Crippen LogP contribution in [0.15, 0.2) is 23.1 Å². The molecular weight excluding hydrogens is 232 g/mol. The van der Waals surface area contributed by atoms with Gasteiger partial charge >= 0.3 is 0 Å². The lowest BCUT2D eigenvalue weighted by Gasteiger charge is -2.05. The molecule has 0 spiro atoms. The second kappa shape index (κ2) is 6.00. The summed E-state index contributed by atoms with van der Waals surface area (Å²) in [5.74, 6) is 0.846. The van der Waals surface area contributed by atoms with Gasteiger partial charge in [-0.2, -0.15) is 0 Å². The van der Waals surface area contributed by atoms with Crippen LogP contribution in [-0.4, -0.2) is 23.3 Å². The van der Waals surface area contributed by atoms with Gasteiger partial charge in [0.25, 0.3) is 0 Å². The molecule has 0 radical (unpaired) electrons. The van der Waals surface area contributed by atoms with Gasteiger partial charge in [-0.15, -0.1) is 11.8 Å². The molecule has 15 heavy (non-hydrogen) atoms. The van der Waals surface area contributed by atoms with E-state index in [0.717, 1.165) is 17.1 Å². The summed E-state index contributed by atoms with van der Waals surface area (Å²) in [6.45, 7) is 0.191. The highest BCUT2D eigenvalue weighted by Gasteiger charge is 2.03. The van der Waals surface area contributed by atoms with E-state index in [4.69, 9.17) is 27.9 Å². The summed E-state index contributed by atoms with van der Waals surface area (Å²) in [6, 6.07) is 5.31. The summed E-state index contributed by atoms with van der Waals surface area (Å²) in [7, 11) is 0. The van der Waals surface area contributed by atoms with E-state index in [1.165, 1.54) is 0 Å². The number of benzene rings is 1. The van der Waals surface area contributed by atoms with Crippen molar-refractivity contribution in [1.29, 1.82) is 5.41 Å². The Hall–Kier alpha value is -0.710. The molecule has 1 aromatic rings. The van der Waals surface area contributed by atoms with Crippen LogP contribution in [0.3, 0.4) is 0 Å². The minimum Gasteiger partial charge on any atom is -0.396 e. The molecule has 0 unspecified atom stereocenters. The predicted molar refractivity (Wildman–Crippen MR) is 64.9 cm³/mol. The maximum Gasteiger partial charge on any atom is 0.122 e. The Bertz CT molecular complexity index is 357. The molecule has 0 aromatic heterocycles. The molecule has 0 saturated carbocycles. The van der Waals surface area contributed by atoms with Crippen LogP contribution >= 0.6 is 23.4 Å². The van der Waals surface area contributed by atoms with Crippen LogP contribution in [0.4, 0.5) is 0 Å². The van der Waals surface area contributed by atoms with Crippen LogP contribution < -0.4 is 5.73 Å². The molecule has 3 nitrogen and oxygen atoms in total. The third-order valence-electron chi connectivity index (χ3n) is 1.80. The van der Waals surface area contributed by atoms with Gasteiger partial charge in [-0.1, -0.05) is 17.7 Å². The van der Waals surface area contributed by atoms with E-state index < -0.39 is 0 Å². The highest BCUT2D eigenvalue weighted by Crippen LogP contribution is 2.28. The maximum absolute atomic E-state index is 8.64. The number of thioether (sulfide) groups is 1. The Balaban J connectivity index is 2.70. The first-order valence-corrected chi connectivity index (χ1v) is 5.89. The van der Waals surface area contributed by atoms with Crippen molar-refractivity contribution in [3.8, 4) is 0 Å². The Kier molecular flexibility index (Phi) is 4.94. The number of halogens is 1. The summed E-state index contributed by atoms with van der Waals surface area (Å²) < 4.78 is 0. The van der Waals surface area contributed by atoms with Gasteiger partial charge in [0.2, 0.25) is 0 Å². The van der Waals surface area contributed by atoms with Gasteiger partial charge in [-0.3, -0.25) is 5.41 Å². The number of hydrogen-bond acceptors (Lipinski definition) is 3. The van der Waals surface area contributed by atoms with Crippen molar-refractivity contribution in [2.24, 2.45) is 5.73 Å². The molecule has 0 heterocycles. The van der Waals surface area contributed by atoms with Crippen molar-refractivity contribution in [3.63, 3.8) is 0 Å². The Morgan fingerprint density at radius 2 is 2.27 bits per heavy atom. The largest absolute Gasteiger partial charge is 0.396 e. The molecule has 4 N–H and O–H groups in total. The summed E-state index contributed by atoms with van der Waals surface area (Å²) in [5.41, 5.74) is 5.97. The van der Waals surface area contributed by atoms with Crippen LogP contribution in [0.2, 0.25) is 5.02 Å². The molecule has 0 aliphatic heterocycles. The normalized spacial score (nSPS) is 10.3. The lowest BCUT2D eigenvalue weighted by Crippen LogP contribution is -2.10. The molecule has 0 aliphatic carbocycles.